The quantitative estimate of drug-likeness (QED) is 0.728. The normalized spacial score (nSPS) is 11.8. The van der Waals surface area contributed by atoms with Gasteiger partial charge in [0.2, 0.25) is 0 Å². The van der Waals surface area contributed by atoms with E-state index in [4.69, 9.17) is 5.26 Å². The van der Waals surface area contributed by atoms with E-state index in [0.29, 0.717) is 5.01 Å². The largest absolute Gasteiger partial charge is 0.435 e. The number of halogens is 3. The van der Waals surface area contributed by atoms with Crippen molar-refractivity contribution >= 4 is 11.3 Å². The van der Waals surface area contributed by atoms with Crippen molar-refractivity contribution < 1.29 is 13.2 Å². The zero-order chi connectivity index (χ0) is 10.9. The van der Waals surface area contributed by atoms with Crippen LogP contribution in [0.5, 0.6) is 0 Å². The summed E-state index contributed by atoms with van der Waals surface area (Å²) in [6.07, 6.45) is -4.53. The van der Waals surface area contributed by atoms with Crippen LogP contribution in [0.2, 0.25) is 0 Å². The molecular formula is C8H7F3N2S. The second-order valence-electron chi connectivity index (χ2n) is 2.99. The zero-order valence-electron chi connectivity index (χ0n) is 7.51. The van der Waals surface area contributed by atoms with E-state index in [1.807, 2.05) is 0 Å². The molecule has 0 spiro atoms. The lowest BCUT2D eigenvalue weighted by Gasteiger charge is -2.01. The highest BCUT2D eigenvalue weighted by atomic mass is 32.1. The standard InChI is InChI=1S/C8H7F3N2S/c1-4(2)7-13-6(8(9,10)11)5(3-12)14-7/h4H,1-2H3. The Morgan fingerprint density at radius 1 is 1.43 bits per heavy atom. The maximum Gasteiger partial charge on any atom is 0.435 e. The van der Waals surface area contributed by atoms with Gasteiger partial charge in [0.25, 0.3) is 0 Å². The molecule has 1 heterocycles. The van der Waals surface area contributed by atoms with Crippen LogP contribution in [-0.4, -0.2) is 4.98 Å². The minimum absolute atomic E-state index is 0.0943. The van der Waals surface area contributed by atoms with Gasteiger partial charge in [0.05, 0.1) is 5.01 Å². The molecule has 1 aromatic heterocycles. The molecule has 0 saturated carbocycles. The van der Waals surface area contributed by atoms with Crippen LogP contribution in [0, 0.1) is 11.3 Å². The van der Waals surface area contributed by atoms with E-state index in [9.17, 15) is 13.2 Å². The Kier molecular flexibility index (Phi) is 2.81. The zero-order valence-corrected chi connectivity index (χ0v) is 8.33. The van der Waals surface area contributed by atoms with Gasteiger partial charge in [-0.15, -0.1) is 11.3 Å². The van der Waals surface area contributed by atoms with Gasteiger partial charge < -0.3 is 0 Å². The van der Waals surface area contributed by atoms with Crippen molar-refractivity contribution in [2.45, 2.75) is 25.9 Å². The smallest absolute Gasteiger partial charge is 0.235 e. The van der Waals surface area contributed by atoms with E-state index < -0.39 is 11.9 Å². The van der Waals surface area contributed by atoms with E-state index in [-0.39, 0.29) is 10.8 Å². The molecule has 0 aliphatic heterocycles. The summed E-state index contributed by atoms with van der Waals surface area (Å²) in [6.45, 7) is 3.47. The molecule has 0 aliphatic carbocycles. The van der Waals surface area contributed by atoms with Crippen molar-refractivity contribution in [2.75, 3.05) is 0 Å². The number of nitrogens with zero attached hydrogens (tertiary/aromatic N) is 2. The highest BCUT2D eigenvalue weighted by Gasteiger charge is 2.37. The van der Waals surface area contributed by atoms with Gasteiger partial charge in [-0.25, -0.2) is 4.98 Å². The third-order valence-corrected chi connectivity index (χ3v) is 2.77. The fourth-order valence-corrected chi connectivity index (χ4v) is 1.74. The Morgan fingerprint density at radius 2 is 2.00 bits per heavy atom. The molecule has 0 N–H and O–H groups in total. The summed E-state index contributed by atoms with van der Waals surface area (Å²) in [6, 6.07) is 1.51. The van der Waals surface area contributed by atoms with Crippen LogP contribution in [0.3, 0.4) is 0 Å². The first-order valence-electron chi connectivity index (χ1n) is 3.84. The fourth-order valence-electron chi connectivity index (χ4n) is 0.852. The Hall–Kier alpha value is -1.09. The van der Waals surface area contributed by atoms with Crippen LogP contribution < -0.4 is 0 Å². The van der Waals surface area contributed by atoms with Gasteiger partial charge in [0, 0.05) is 5.92 Å². The highest BCUT2D eigenvalue weighted by Crippen LogP contribution is 2.35. The summed E-state index contributed by atoms with van der Waals surface area (Å²) >= 11 is 0.802. The molecule has 1 rings (SSSR count). The first kappa shape index (κ1) is 11.0. The average molecular weight is 220 g/mol. The number of nitriles is 1. The Morgan fingerprint density at radius 3 is 2.29 bits per heavy atom. The van der Waals surface area contributed by atoms with Crippen molar-refractivity contribution in [2.24, 2.45) is 0 Å². The molecule has 14 heavy (non-hydrogen) atoms. The number of aromatic nitrogens is 1. The maximum absolute atomic E-state index is 12.3. The van der Waals surface area contributed by atoms with Crippen molar-refractivity contribution in [3.05, 3.63) is 15.6 Å². The molecule has 1 aromatic rings. The Balaban J connectivity index is 3.24. The monoisotopic (exact) mass is 220 g/mol. The maximum atomic E-state index is 12.3. The van der Waals surface area contributed by atoms with Crippen molar-refractivity contribution in [1.82, 2.24) is 4.98 Å². The van der Waals surface area contributed by atoms with Crippen LogP contribution in [0.15, 0.2) is 0 Å². The van der Waals surface area contributed by atoms with Crippen LogP contribution in [0.1, 0.15) is 35.3 Å². The third kappa shape index (κ3) is 2.04. The number of thiazole rings is 1. The molecule has 0 radical (unpaired) electrons. The lowest BCUT2D eigenvalue weighted by atomic mass is 10.2. The first-order valence-corrected chi connectivity index (χ1v) is 4.66. The predicted molar refractivity (Wildman–Crippen MR) is 45.9 cm³/mol. The average Bonchev–Trinajstić information content (AvgIpc) is 2.46. The van der Waals surface area contributed by atoms with E-state index in [2.05, 4.69) is 4.98 Å². The Labute approximate surface area is 83.0 Å². The summed E-state index contributed by atoms with van der Waals surface area (Å²) < 4.78 is 36.9. The van der Waals surface area contributed by atoms with Gasteiger partial charge in [-0.05, 0) is 0 Å². The number of hydrogen-bond donors (Lipinski definition) is 0. The Bertz CT molecular complexity index is 373. The van der Waals surface area contributed by atoms with Crippen LogP contribution in [-0.2, 0) is 6.18 Å². The van der Waals surface area contributed by atoms with E-state index >= 15 is 0 Å². The highest BCUT2D eigenvalue weighted by molar-refractivity contribution is 7.12. The van der Waals surface area contributed by atoms with Gasteiger partial charge >= 0.3 is 6.18 Å². The van der Waals surface area contributed by atoms with Crippen LogP contribution >= 0.6 is 11.3 Å². The minimum atomic E-state index is -4.53. The molecule has 76 valence electrons. The lowest BCUT2D eigenvalue weighted by molar-refractivity contribution is -0.141. The number of hydrogen-bond acceptors (Lipinski definition) is 3. The lowest BCUT2D eigenvalue weighted by Crippen LogP contribution is -2.07. The molecule has 0 aliphatic rings. The fraction of sp³-hybridized carbons (Fsp3) is 0.500. The molecular weight excluding hydrogens is 213 g/mol. The molecule has 0 aromatic carbocycles. The summed E-state index contributed by atoms with van der Waals surface area (Å²) in [5.41, 5.74) is -1.06. The topological polar surface area (TPSA) is 36.7 Å². The van der Waals surface area contributed by atoms with Crippen LogP contribution in [0.25, 0.3) is 0 Å². The minimum Gasteiger partial charge on any atom is -0.235 e. The van der Waals surface area contributed by atoms with Gasteiger partial charge in [0.15, 0.2) is 5.69 Å². The second-order valence-corrected chi connectivity index (χ2v) is 4.02. The molecule has 0 fully saturated rings. The van der Waals surface area contributed by atoms with E-state index in [1.54, 1.807) is 13.8 Å². The number of alkyl halides is 3. The van der Waals surface area contributed by atoms with Gasteiger partial charge in [-0.2, -0.15) is 18.4 Å². The van der Waals surface area contributed by atoms with E-state index in [1.165, 1.54) is 6.07 Å². The van der Waals surface area contributed by atoms with Crippen molar-refractivity contribution in [3.8, 4) is 6.07 Å². The summed E-state index contributed by atoms with van der Waals surface area (Å²) in [5, 5.41) is 8.84. The molecule has 0 atom stereocenters. The van der Waals surface area contributed by atoms with Crippen molar-refractivity contribution in [3.63, 3.8) is 0 Å². The second kappa shape index (κ2) is 3.58. The summed E-state index contributed by atoms with van der Waals surface area (Å²) in [4.78, 5) is 3.06. The molecule has 6 heteroatoms. The SMILES string of the molecule is CC(C)c1nc(C(F)(F)F)c(C#N)s1. The molecule has 0 bridgehead atoms. The number of rotatable bonds is 1. The molecule has 2 nitrogen and oxygen atoms in total. The van der Waals surface area contributed by atoms with Crippen molar-refractivity contribution in [1.29, 1.82) is 5.26 Å². The molecule has 0 amide bonds. The summed E-state index contributed by atoms with van der Waals surface area (Å²) in [7, 11) is 0. The van der Waals surface area contributed by atoms with Gasteiger partial charge in [-0.3, -0.25) is 0 Å². The predicted octanol–water partition coefficient (Wildman–Crippen LogP) is 3.16. The van der Waals surface area contributed by atoms with Gasteiger partial charge in [-0.1, -0.05) is 13.8 Å². The summed E-state index contributed by atoms with van der Waals surface area (Å²) in [5.74, 6) is -0.0943. The molecule has 0 unspecified atom stereocenters. The first-order chi connectivity index (χ1) is 6.36. The van der Waals surface area contributed by atoms with Crippen LogP contribution in [0.4, 0.5) is 13.2 Å². The molecule has 0 saturated heterocycles. The van der Waals surface area contributed by atoms with E-state index in [0.717, 1.165) is 11.3 Å². The third-order valence-electron chi connectivity index (χ3n) is 1.51. The van der Waals surface area contributed by atoms with Gasteiger partial charge in [0.1, 0.15) is 10.9 Å².